The molecule has 6 heteroatoms. The Balaban J connectivity index is 1.96. The van der Waals surface area contributed by atoms with E-state index >= 15 is 0 Å². The van der Waals surface area contributed by atoms with Gasteiger partial charge in [-0.1, -0.05) is 11.6 Å². The number of aryl methyl sites for hydroxylation is 1. The van der Waals surface area contributed by atoms with Crippen molar-refractivity contribution in [3.05, 3.63) is 53.5 Å². The highest BCUT2D eigenvalue weighted by Gasteiger charge is 2.21. The molecule has 0 unspecified atom stereocenters. The first-order valence-electron chi connectivity index (χ1n) is 7.17. The van der Waals surface area contributed by atoms with E-state index in [1.165, 1.54) is 20.3 Å². The summed E-state index contributed by atoms with van der Waals surface area (Å²) in [5, 5.41) is 2.64. The van der Waals surface area contributed by atoms with Crippen molar-refractivity contribution in [1.82, 2.24) is 5.32 Å². The first-order chi connectivity index (χ1) is 11.0. The number of carbonyl (C=O) groups excluding carboxylic acids is 2. The Kier molecular flexibility index (Phi) is 5.41. The van der Waals surface area contributed by atoms with Gasteiger partial charge in [-0.15, -0.1) is 0 Å². The number of carbonyl (C=O) groups is 2. The van der Waals surface area contributed by atoms with Crippen molar-refractivity contribution in [3.63, 3.8) is 0 Å². The summed E-state index contributed by atoms with van der Waals surface area (Å²) in [6, 6.07) is 8.65. The van der Waals surface area contributed by atoms with Crippen LogP contribution in [0, 0.1) is 6.92 Å². The molecule has 0 aliphatic heterocycles. The van der Waals surface area contributed by atoms with E-state index < -0.39 is 18.0 Å². The van der Waals surface area contributed by atoms with Gasteiger partial charge in [0.25, 0.3) is 5.91 Å². The number of amides is 1. The second-order valence-electron chi connectivity index (χ2n) is 5.05. The molecule has 0 saturated heterocycles. The van der Waals surface area contributed by atoms with Gasteiger partial charge in [-0.2, -0.15) is 0 Å². The van der Waals surface area contributed by atoms with Crippen LogP contribution < -0.4 is 10.1 Å². The standard InChI is InChI=1S/C17H19NO5/c1-11-6-7-15(21-3)14(9-11)17(20)23-12(2)16(19)18-10-13-5-4-8-22-13/h4-9,12H,10H2,1-3H3,(H,18,19)/t12-/m0/s1. The maximum atomic E-state index is 12.2. The van der Waals surface area contributed by atoms with Gasteiger partial charge in [-0.3, -0.25) is 4.79 Å². The van der Waals surface area contributed by atoms with Gasteiger partial charge in [-0.25, -0.2) is 4.79 Å². The van der Waals surface area contributed by atoms with E-state index in [4.69, 9.17) is 13.9 Å². The second-order valence-corrected chi connectivity index (χ2v) is 5.05. The molecular weight excluding hydrogens is 298 g/mol. The highest BCUT2D eigenvalue weighted by Crippen LogP contribution is 2.21. The molecule has 122 valence electrons. The summed E-state index contributed by atoms with van der Waals surface area (Å²) in [5.74, 6) is 0.0218. The summed E-state index contributed by atoms with van der Waals surface area (Å²) in [5.41, 5.74) is 1.19. The molecule has 0 radical (unpaired) electrons. The highest BCUT2D eigenvalue weighted by atomic mass is 16.5. The number of esters is 1. The van der Waals surface area contributed by atoms with Crippen molar-refractivity contribution in [3.8, 4) is 5.75 Å². The number of ether oxygens (including phenoxy) is 2. The minimum atomic E-state index is -0.928. The smallest absolute Gasteiger partial charge is 0.342 e. The van der Waals surface area contributed by atoms with E-state index in [-0.39, 0.29) is 12.1 Å². The Hall–Kier alpha value is -2.76. The lowest BCUT2D eigenvalue weighted by molar-refractivity contribution is -0.129. The lowest BCUT2D eigenvalue weighted by atomic mass is 10.1. The monoisotopic (exact) mass is 317 g/mol. The fraction of sp³-hybridized carbons (Fsp3) is 0.294. The van der Waals surface area contributed by atoms with Crippen LogP contribution in [-0.4, -0.2) is 25.1 Å². The van der Waals surface area contributed by atoms with Crippen molar-refractivity contribution < 1.29 is 23.5 Å². The highest BCUT2D eigenvalue weighted by molar-refractivity contribution is 5.94. The molecule has 1 aromatic carbocycles. The van der Waals surface area contributed by atoms with Gasteiger partial charge in [0.05, 0.1) is 19.9 Å². The third kappa shape index (κ3) is 4.35. The van der Waals surface area contributed by atoms with Crippen LogP contribution in [0.4, 0.5) is 0 Å². The van der Waals surface area contributed by atoms with Crippen LogP contribution in [0.2, 0.25) is 0 Å². The fourth-order valence-electron chi connectivity index (χ4n) is 1.99. The lowest BCUT2D eigenvalue weighted by Gasteiger charge is -2.14. The summed E-state index contributed by atoms with van der Waals surface area (Å²) in [6.07, 6.45) is 0.595. The number of furan rings is 1. The predicted octanol–water partition coefficient (Wildman–Crippen LogP) is 2.46. The van der Waals surface area contributed by atoms with Crippen molar-refractivity contribution in [1.29, 1.82) is 0 Å². The molecule has 6 nitrogen and oxygen atoms in total. The number of rotatable bonds is 6. The van der Waals surface area contributed by atoms with Crippen molar-refractivity contribution in [2.75, 3.05) is 7.11 Å². The van der Waals surface area contributed by atoms with Crippen molar-refractivity contribution >= 4 is 11.9 Å². The lowest BCUT2D eigenvalue weighted by Crippen LogP contribution is -2.35. The quantitative estimate of drug-likeness (QED) is 0.828. The van der Waals surface area contributed by atoms with Crippen molar-refractivity contribution in [2.45, 2.75) is 26.5 Å². The van der Waals surface area contributed by atoms with Crippen LogP contribution in [0.25, 0.3) is 0 Å². The van der Waals surface area contributed by atoms with Crippen LogP contribution in [0.15, 0.2) is 41.0 Å². The third-order valence-corrected chi connectivity index (χ3v) is 3.24. The molecule has 1 atom stereocenters. The van der Waals surface area contributed by atoms with Gasteiger partial charge in [0.1, 0.15) is 17.1 Å². The summed E-state index contributed by atoms with van der Waals surface area (Å²) >= 11 is 0. The molecule has 23 heavy (non-hydrogen) atoms. The first-order valence-corrected chi connectivity index (χ1v) is 7.17. The zero-order valence-electron chi connectivity index (χ0n) is 13.3. The predicted molar refractivity (Wildman–Crippen MR) is 83.2 cm³/mol. The maximum absolute atomic E-state index is 12.2. The van der Waals surface area contributed by atoms with Crippen LogP contribution in [0.5, 0.6) is 5.75 Å². The van der Waals surface area contributed by atoms with Gasteiger partial charge >= 0.3 is 5.97 Å². The molecule has 1 heterocycles. The van der Waals surface area contributed by atoms with Crippen LogP contribution in [0.3, 0.4) is 0 Å². The number of benzene rings is 1. The first kappa shape index (κ1) is 16.6. The Morgan fingerprint density at radius 2 is 2.09 bits per heavy atom. The average molecular weight is 317 g/mol. The number of methoxy groups -OCH3 is 1. The molecule has 0 aliphatic rings. The molecule has 1 aromatic heterocycles. The molecular formula is C17H19NO5. The van der Waals surface area contributed by atoms with E-state index in [9.17, 15) is 9.59 Å². The van der Waals surface area contributed by atoms with Gasteiger partial charge in [0.2, 0.25) is 0 Å². The average Bonchev–Trinajstić information content (AvgIpc) is 3.05. The molecule has 0 saturated carbocycles. The zero-order chi connectivity index (χ0) is 16.8. The third-order valence-electron chi connectivity index (χ3n) is 3.24. The van der Waals surface area contributed by atoms with E-state index in [1.54, 1.807) is 24.3 Å². The van der Waals surface area contributed by atoms with E-state index in [2.05, 4.69) is 5.32 Å². The zero-order valence-corrected chi connectivity index (χ0v) is 13.3. The van der Waals surface area contributed by atoms with Crippen LogP contribution >= 0.6 is 0 Å². The summed E-state index contributed by atoms with van der Waals surface area (Å²) in [7, 11) is 1.47. The summed E-state index contributed by atoms with van der Waals surface area (Å²) < 4.78 is 15.5. The molecule has 2 rings (SSSR count). The van der Waals surface area contributed by atoms with Crippen molar-refractivity contribution in [2.24, 2.45) is 0 Å². The van der Waals surface area contributed by atoms with E-state index in [0.717, 1.165) is 5.56 Å². The second kappa shape index (κ2) is 7.49. The van der Waals surface area contributed by atoms with Gasteiger partial charge in [-0.05, 0) is 38.1 Å². The SMILES string of the molecule is COc1ccc(C)cc1C(=O)O[C@@H](C)C(=O)NCc1ccco1. The Bertz CT molecular complexity index is 678. The summed E-state index contributed by atoms with van der Waals surface area (Å²) in [4.78, 5) is 24.2. The number of hydrogen-bond donors (Lipinski definition) is 1. The van der Waals surface area contributed by atoms with Gasteiger partial charge in [0.15, 0.2) is 6.10 Å². The normalized spacial score (nSPS) is 11.6. The molecule has 0 bridgehead atoms. The Labute approximate surface area is 134 Å². The van der Waals surface area contributed by atoms with E-state index in [0.29, 0.717) is 11.5 Å². The molecule has 0 aliphatic carbocycles. The van der Waals surface area contributed by atoms with Crippen LogP contribution in [0.1, 0.15) is 28.6 Å². The Morgan fingerprint density at radius 1 is 1.30 bits per heavy atom. The Morgan fingerprint density at radius 3 is 2.74 bits per heavy atom. The topological polar surface area (TPSA) is 77.8 Å². The summed E-state index contributed by atoms with van der Waals surface area (Å²) in [6.45, 7) is 3.61. The minimum absolute atomic E-state index is 0.238. The molecule has 1 N–H and O–H groups in total. The van der Waals surface area contributed by atoms with Crippen LogP contribution in [-0.2, 0) is 16.1 Å². The molecule has 0 fully saturated rings. The molecule has 0 spiro atoms. The minimum Gasteiger partial charge on any atom is -0.496 e. The number of hydrogen-bond acceptors (Lipinski definition) is 5. The molecule has 1 amide bonds. The van der Waals surface area contributed by atoms with Gasteiger partial charge in [0, 0.05) is 0 Å². The largest absolute Gasteiger partial charge is 0.496 e. The van der Waals surface area contributed by atoms with Gasteiger partial charge < -0.3 is 19.2 Å². The van der Waals surface area contributed by atoms with E-state index in [1.807, 2.05) is 13.0 Å². The molecule has 2 aromatic rings. The fourth-order valence-corrected chi connectivity index (χ4v) is 1.99. The number of nitrogens with one attached hydrogen (secondary N) is 1. The maximum Gasteiger partial charge on any atom is 0.342 e.